The summed E-state index contributed by atoms with van der Waals surface area (Å²) in [5, 5.41) is 3.19. The Balaban J connectivity index is 1.82. The highest BCUT2D eigenvalue weighted by Crippen LogP contribution is 2.36. The van der Waals surface area contributed by atoms with Gasteiger partial charge >= 0.3 is 5.51 Å². The minimum atomic E-state index is -4.27. The molecule has 1 N–H and O–H groups in total. The fraction of sp³-hybridized carbons (Fsp3) is 0.533. The van der Waals surface area contributed by atoms with Gasteiger partial charge in [0.1, 0.15) is 0 Å². The standard InChI is InChI=1S/C15H20F3N3OS/c1-20(11-14(22)21-8-6-19-7-9-21)10-12-2-4-13(5-3-12)23-15(16,17)18/h2-5,19H,6-11H2,1H3. The van der Waals surface area contributed by atoms with E-state index in [1.807, 2.05) is 16.8 Å². The van der Waals surface area contributed by atoms with Crippen LogP contribution in [0.2, 0.25) is 0 Å². The molecule has 23 heavy (non-hydrogen) atoms. The van der Waals surface area contributed by atoms with E-state index in [9.17, 15) is 18.0 Å². The van der Waals surface area contributed by atoms with Gasteiger partial charge in [-0.2, -0.15) is 13.2 Å². The van der Waals surface area contributed by atoms with Crippen molar-refractivity contribution in [3.05, 3.63) is 29.8 Å². The third kappa shape index (κ3) is 6.40. The molecule has 1 fully saturated rings. The zero-order valence-electron chi connectivity index (χ0n) is 12.9. The summed E-state index contributed by atoms with van der Waals surface area (Å²) in [6.45, 7) is 3.89. The summed E-state index contributed by atoms with van der Waals surface area (Å²) < 4.78 is 36.8. The van der Waals surface area contributed by atoms with Gasteiger partial charge in [-0.15, -0.1) is 0 Å². The second-order valence-corrected chi connectivity index (χ2v) is 6.63. The van der Waals surface area contributed by atoms with E-state index < -0.39 is 5.51 Å². The van der Waals surface area contributed by atoms with E-state index in [1.165, 1.54) is 12.1 Å². The maximum absolute atomic E-state index is 12.3. The maximum Gasteiger partial charge on any atom is 0.446 e. The summed E-state index contributed by atoms with van der Waals surface area (Å²) in [5.74, 6) is 0.0817. The molecule has 1 aliphatic rings. The van der Waals surface area contributed by atoms with Crippen molar-refractivity contribution < 1.29 is 18.0 Å². The van der Waals surface area contributed by atoms with E-state index in [2.05, 4.69) is 5.32 Å². The molecule has 1 aliphatic heterocycles. The average Bonchev–Trinajstić information content (AvgIpc) is 2.48. The second kappa shape index (κ2) is 8.03. The summed E-state index contributed by atoms with van der Waals surface area (Å²) in [4.78, 5) is 16.0. The van der Waals surface area contributed by atoms with Gasteiger partial charge in [-0.1, -0.05) is 12.1 Å². The summed E-state index contributed by atoms with van der Waals surface area (Å²) in [6, 6.07) is 6.25. The Hall–Kier alpha value is -1.25. The maximum atomic E-state index is 12.3. The van der Waals surface area contributed by atoms with Gasteiger partial charge in [-0.3, -0.25) is 9.69 Å². The number of rotatable bonds is 5. The zero-order valence-corrected chi connectivity index (χ0v) is 13.7. The first kappa shape index (κ1) is 18.1. The number of nitrogens with one attached hydrogen (secondary N) is 1. The molecule has 1 amide bonds. The molecule has 1 aromatic rings. The number of nitrogens with zero attached hydrogens (tertiary/aromatic N) is 2. The van der Waals surface area contributed by atoms with Gasteiger partial charge in [0.15, 0.2) is 0 Å². The second-order valence-electron chi connectivity index (χ2n) is 5.49. The Morgan fingerprint density at radius 2 is 1.87 bits per heavy atom. The van der Waals surface area contributed by atoms with Gasteiger partial charge in [0.25, 0.3) is 0 Å². The van der Waals surface area contributed by atoms with Crippen LogP contribution in [0.15, 0.2) is 29.2 Å². The lowest BCUT2D eigenvalue weighted by molar-refractivity contribution is -0.132. The number of likely N-dealkylation sites (N-methyl/N-ethyl adjacent to an activating group) is 1. The number of halogens is 3. The topological polar surface area (TPSA) is 35.6 Å². The van der Waals surface area contributed by atoms with E-state index in [0.717, 1.165) is 31.7 Å². The van der Waals surface area contributed by atoms with Crippen molar-refractivity contribution in [2.75, 3.05) is 39.8 Å². The van der Waals surface area contributed by atoms with Crippen molar-refractivity contribution in [2.45, 2.75) is 16.9 Å². The van der Waals surface area contributed by atoms with Crippen molar-refractivity contribution in [2.24, 2.45) is 0 Å². The van der Waals surface area contributed by atoms with Crippen LogP contribution in [-0.2, 0) is 11.3 Å². The molecule has 0 spiro atoms. The number of carbonyl (C=O) groups excluding carboxylic acids is 1. The van der Waals surface area contributed by atoms with Crippen molar-refractivity contribution >= 4 is 17.7 Å². The van der Waals surface area contributed by atoms with E-state index >= 15 is 0 Å². The monoisotopic (exact) mass is 347 g/mol. The molecule has 0 atom stereocenters. The van der Waals surface area contributed by atoms with Gasteiger partial charge in [-0.05, 0) is 36.5 Å². The molecule has 1 aromatic carbocycles. The third-order valence-corrected chi connectivity index (χ3v) is 4.22. The van der Waals surface area contributed by atoms with Crippen LogP contribution >= 0.6 is 11.8 Å². The molecular formula is C15H20F3N3OS. The predicted octanol–water partition coefficient (Wildman–Crippen LogP) is 2.16. The predicted molar refractivity (Wildman–Crippen MR) is 84.1 cm³/mol. The van der Waals surface area contributed by atoms with Gasteiger partial charge in [0.05, 0.1) is 6.54 Å². The van der Waals surface area contributed by atoms with Gasteiger partial charge in [-0.25, -0.2) is 0 Å². The summed E-state index contributed by atoms with van der Waals surface area (Å²) >= 11 is -0.123. The van der Waals surface area contributed by atoms with Crippen LogP contribution in [0.4, 0.5) is 13.2 Å². The Bertz CT molecular complexity index is 516. The highest BCUT2D eigenvalue weighted by Gasteiger charge is 2.29. The number of hydrogen-bond acceptors (Lipinski definition) is 4. The normalized spacial score (nSPS) is 16.0. The largest absolute Gasteiger partial charge is 0.446 e. The van der Waals surface area contributed by atoms with Gasteiger partial charge in [0, 0.05) is 37.6 Å². The van der Waals surface area contributed by atoms with Crippen LogP contribution in [0.3, 0.4) is 0 Å². The number of piperazine rings is 1. The van der Waals surface area contributed by atoms with Crippen molar-refractivity contribution in [1.82, 2.24) is 15.1 Å². The first-order chi connectivity index (χ1) is 10.8. The molecule has 8 heteroatoms. The minimum absolute atomic E-state index is 0.0817. The first-order valence-corrected chi connectivity index (χ1v) is 8.17. The molecule has 128 valence electrons. The highest BCUT2D eigenvalue weighted by atomic mass is 32.2. The molecule has 2 rings (SSSR count). The van der Waals surface area contributed by atoms with Crippen LogP contribution < -0.4 is 5.32 Å². The lowest BCUT2D eigenvalue weighted by Gasteiger charge is -2.29. The molecule has 0 unspecified atom stereocenters. The van der Waals surface area contributed by atoms with E-state index in [4.69, 9.17) is 0 Å². The SMILES string of the molecule is CN(CC(=O)N1CCNCC1)Cc1ccc(SC(F)(F)F)cc1. The lowest BCUT2D eigenvalue weighted by atomic mass is 10.2. The molecule has 0 bridgehead atoms. The lowest BCUT2D eigenvalue weighted by Crippen LogP contribution is -2.49. The Kier molecular flexibility index (Phi) is 6.32. The molecular weight excluding hydrogens is 327 g/mol. The summed E-state index contributed by atoms with van der Waals surface area (Å²) in [6.07, 6.45) is 0. The van der Waals surface area contributed by atoms with Crippen molar-refractivity contribution in [1.29, 1.82) is 0 Å². The number of carbonyl (C=O) groups is 1. The van der Waals surface area contributed by atoms with E-state index in [-0.39, 0.29) is 22.6 Å². The van der Waals surface area contributed by atoms with Crippen molar-refractivity contribution in [3.63, 3.8) is 0 Å². The summed E-state index contributed by atoms with van der Waals surface area (Å²) in [5.41, 5.74) is -3.39. The third-order valence-electron chi connectivity index (χ3n) is 3.48. The number of thioether (sulfide) groups is 1. The number of alkyl halides is 3. The van der Waals surface area contributed by atoms with Gasteiger partial charge in [0.2, 0.25) is 5.91 Å². The number of benzene rings is 1. The number of hydrogen-bond donors (Lipinski definition) is 1. The molecule has 1 saturated heterocycles. The molecule has 1 heterocycles. The fourth-order valence-electron chi connectivity index (χ4n) is 2.41. The van der Waals surface area contributed by atoms with Crippen LogP contribution in [0.1, 0.15) is 5.56 Å². The molecule has 0 radical (unpaired) electrons. The Labute approximate surface area is 138 Å². The van der Waals surface area contributed by atoms with Crippen LogP contribution in [0.25, 0.3) is 0 Å². The summed E-state index contributed by atoms with van der Waals surface area (Å²) in [7, 11) is 1.83. The average molecular weight is 347 g/mol. The molecule has 4 nitrogen and oxygen atoms in total. The molecule has 0 saturated carbocycles. The van der Waals surface area contributed by atoms with Crippen LogP contribution in [-0.4, -0.2) is 61.0 Å². The molecule has 0 aromatic heterocycles. The van der Waals surface area contributed by atoms with Crippen LogP contribution in [0, 0.1) is 0 Å². The fourth-order valence-corrected chi connectivity index (χ4v) is 2.95. The molecule has 0 aliphatic carbocycles. The first-order valence-electron chi connectivity index (χ1n) is 7.35. The van der Waals surface area contributed by atoms with Gasteiger partial charge < -0.3 is 10.2 Å². The van der Waals surface area contributed by atoms with Crippen molar-refractivity contribution in [3.8, 4) is 0 Å². The Morgan fingerprint density at radius 1 is 1.26 bits per heavy atom. The smallest absolute Gasteiger partial charge is 0.339 e. The zero-order chi connectivity index (χ0) is 16.9. The quantitative estimate of drug-likeness (QED) is 0.828. The van der Waals surface area contributed by atoms with Crippen LogP contribution in [0.5, 0.6) is 0 Å². The highest BCUT2D eigenvalue weighted by molar-refractivity contribution is 8.00. The number of amides is 1. The van der Waals surface area contributed by atoms with E-state index in [0.29, 0.717) is 13.1 Å². The van der Waals surface area contributed by atoms with E-state index in [1.54, 1.807) is 12.1 Å². The minimum Gasteiger partial charge on any atom is -0.339 e. The Morgan fingerprint density at radius 3 is 2.43 bits per heavy atom.